The third-order valence-corrected chi connectivity index (χ3v) is 4.53. The van der Waals surface area contributed by atoms with Gasteiger partial charge in [0, 0.05) is 12.0 Å². The Balaban J connectivity index is 1.41. The summed E-state index contributed by atoms with van der Waals surface area (Å²) in [5, 5.41) is 3.77. The van der Waals surface area contributed by atoms with Gasteiger partial charge in [0.1, 0.15) is 0 Å². The zero-order valence-electron chi connectivity index (χ0n) is 11.3. The monoisotopic (exact) mass is 244 g/mol. The first-order valence-corrected chi connectivity index (χ1v) is 7.30. The Kier molecular flexibility index (Phi) is 3.67. The SMILES string of the molecule is CN1CCC(CNC2CC2c2ccccc2)CC1. The van der Waals surface area contributed by atoms with Crippen LogP contribution in [0.3, 0.4) is 0 Å². The number of benzene rings is 1. The van der Waals surface area contributed by atoms with E-state index in [0.717, 1.165) is 17.9 Å². The molecule has 18 heavy (non-hydrogen) atoms. The maximum Gasteiger partial charge on any atom is 0.0143 e. The Labute approximate surface area is 110 Å². The smallest absolute Gasteiger partial charge is 0.0143 e. The minimum absolute atomic E-state index is 0.743. The molecule has 0 bridgehead atoms. The molecule has 0 radical (unpaired) electrons. The van der Waals surface area contributed by atoms with Gasteiger partial charge in [-0.1, -0.05) is 30.3 Å². The summed E-state index contributed by atoms with van der Waals surface area (Å²) < 4.78 is 0. The molecule has 1 saturated heterocycles. The number of hydrogen-bond acceptors (Lipinski definition) is 2. The minimum Gasteiger partial charge on any atom is -0.313 e. The van der Waals surface area contributed by atoms with Crippen molar-refractivity contribution in [2.45, 2.75) is 31.2 Å². The molecule has 1 aromatic carbocycles. The van der Waals surface area contributed by atoms with Gasteiger partial charge in [-0.2, -0.15) is 0 Å². The highest BCUT2D eigenvalue weighted by atomic mass is 15.1. The summed E-state index contributed by atoms with van der Waals surface area (Å²) in [5.41, 5.74) is 1.51. The summed E-state index contributed by atoms with van der Waals surface area (Å²) in [6.45, 7) is 3.78. The van der Waals surface area contributed by atoms with Crippen molar-refractivity contribution in [2.75, 3.05) is 26.7 Å². The first-order chi connectivity index (χ1) is 8.83. The summed E-state index contributed by atoms with van der Waals surface area (Å²) in [5.74, 6) is 1.68. The Hall–Kier alpha value is -0.860. The van der Waals surface area contributed by atoms with Crippen LogP contribution in [0.1, 0.15) is 30.7 Å². The van der Waals surface area contributed by atoms with E-state index in [4.69, 9.17) is 0 Å². The van der Waals surface area contributed by atoms with Crippen LogP contribution in [-0.2, 0) is 0 Å². The first kappa shape index (κ1) is 12.2. The zero-order valence-corrected chi connectivity index (χ0v) is 11.3. The predicted molar refractivity (Wildman–Crippen MR) is 75.8 cm³/mol. The summed E-state index contributed by atoms with van der Waals surface area (Å²) >= 11 is 0. The van der Waals surface area contributed by atoms with E-state index < -0.39 is 0 Å². The van der Waals surface area contributed by atoms with Crippen LogP contribution in [0, 0.1) is 5.92 Å². The van der Waals surface area contributed by atoms with Crippen LogP contribution >= 0.6 is 0 Å². The molecular weight excluding hydrogens is 220 g/mol. The maximum atomic E-state index is 3.77. The molecule has 0 amide bonds. The lowest BCUT2D eigenvalue weighted by atomic mass is 9.97. The topological polar surface area (TPSA) is 15.3 Å². The number of hydrogen-bond donors (Lipinski definition) is 1. The van der Waals surface area contributed by atoms with E-state index in [2.05, 4.69) is 47.6 Å². The molecule has 1 saturated carbocycles. The Morgan fingerprint density at radius 2 is 1.89 bits per heavy atom. The molecule has 2 nitrogen and oxygen atoms in total. The number of piperidine rings is 1. The molecule has 2 unspecified atom stereocenters. The van der Waals surface area contributed by atoms with Crippen molar-refractivity contribution in [1.29, 1.82) is 0 Å². The van der Waals surface area contributed by atoms with Gasteiger partial charge in [0.05, 0.1) is 0 Å². The molecule has 3 rings (SSSR count). The average molecular weight is 244 g/mol. The predicted octanol–water partition coefficient (Wildman–Crippen LogP) is 2.47. The van der Waals surface area contributed by atoms with Crippen LogP contribution in [0.25, 0.3) is 0 Å². The number of likely N-dealkylation sites (tertiary alicyclic amines) is 1. The Morgan fingerprint density at radius 1 is 1.17 bits per heavy atom. The van der Waals surface area contributed by atoms with Gasteiger partial charge in [-0.15, -0.1) is 0 Å². The summed E-state index contributed by atoms with van der Waals surface area (Å²) in [6.07, 6.45) is 4.06. The normalized spacial score (nSPS) is 29.4. The van der Waals surface area contributed by atoms with Crippen molar-refractivity contribution in [2.24, 2.45) is 5.92 Å². The summed E-state index contributed by atoms with van der Waals surface area (Å²) in [7, 11) is 2.23. The number of nitrogens with zero attached hydrogens (tertiary/aromatic N) is 1. The van der Waals surface area contributed by atoms with Crippen molar-refractivity contribution >= 4 is 0 Å². The second-order valence-corrected chi connectivity index (χ2v) is 6.01. The number of rotatable bonds is 4. The van der Waals surface area contributed by atoms with E-state index >= 15 is 0 Å². The van der Waals surface area contributed by atoms with Crippen LogP contribution in [-0.4, -0.2) is 37.6 Å². The molecule has 98 valence electrons. The zero-order chi connectivity index (χ0) is 12.4. The molecule has 1 heterocycles. The van der Waals surface area contributed by atoms with Gasteiger partial charge in [0.2, 0.25) is 0 Å². The minimum atomic E-state index is 0.743. The summed E-state index contributed by atoms with van der Waals surface area (Å²) in [4.78, 5) is 2.44. The molecule has 1 aromatic rings. The van der Waals surface area contributed by atoms with Crippen LogP contribution in [0.15, 0.2) is 30.3 Å². The molecule has 1 aliphatic heterocycles. The fourth-order valence-electron chi connectivity index (χ4n) is 3.07. The average Bonchev–Trinajstić information content (AvgIpc) is 3.19. The highest BCUT2D eigenvalue weighted by Gasteiger charge is 2.38. The molecule has 0 aromatic heterocycles. The van der Waals surface area contributed by atoms with Crippen molar-refractivity contribution in [3.63, 3.8) is 0 Å². The van der Waals surface area contributed by atoms with Crippen molar-refractivity contribution in [3.8, 4) is 0 Å². The van der Waals surface area contributed by atoms with E-state index in [1.54, 1.807) is 0 Å². The fourth-order valence-corrected chi connectivity index (χ4v) is 3.07. The highest BCUT2D eigenvalue weighted by Crippen LogP contribution is 2.40. The van der Waals surface area contributed by atoms with Crippen LogP contribution < -0.4 is 5.32 Å². The van der Waals surface area contributed by atoms with Gasteiger partial charge >= 0.3 is 0 Å². The molecule has 1 N–H and O–H groups in total. The standard InChI is InChI=1S/C16H24N2/c1-18-9-7-13(8-10-18)12-17-16-11-15(16)14-5-3-2-4-6-14/h2-6,13,15-17H,7-12H2,1H3. The molecule has 2 atom stereocenters. The van der Waals surface area contributed by atoms with Crippen LogP contribution in [0.5, 0.6) is 0 Å². The largest absolute Gasteiger partial charge is 0.313 e. The third kappa shape index (κ3) is 2.93. The fraction of sp³-hybridized carbons (Fsp3) is 0.625. The second-order valence-electron chi connectivity index (χ2n) is 6.01. The van der Waals surface area contributed by atoms with Gasteiger partial charge in [-0.05, 0) is 57.4 Å². The number of nitrogens with one attached hydrogen (secondary N) is 1. The summed E-state index contributed by atoms with van der Waals surface area (Å²) in [6, 6.07) is 11.7. The maximum absolute atomic E-state index is 3.77. The molecule has 2 aliphatic rings. The van der Waals surface area contributed by atoms with E-state index in [0.29, 0.717) is 0 Å². The van der Waals surface area contributed by atoms with Crippen LogP contribution in [0.2, 0.25) is 0 Å². The molecule has 2 heteroatoms. The van der Waals surface area contributed by atoms with E-state index in [9.17, 15) is 0 Å². The van der Waals surface area contributed by atoms with Crippen molar-refractivity contribution < 1.29 is 0 Å². The van der Waals surface area contributed by atoms with Gasteiger partial charge in [-0.3, -0.25) is 0 Å². The molecule has 2 fully saturated rings. The Bertz CT molecular complexity index is 368. The van der Waals surface area contributed by atoms with Gasteiger partial charge in [0.25, 0.3) is 0 Å². The van der Waals surface area contributed by atoms with E-state index in [1.165, 1.54) is 44.5 Å². The Morgan fingerprint density at radius 3 is 2.61 bits per heavy atom. The van der Waals surface area contributed by atoms with Crippen LogP contribution in [0.4, 0.5) is 0 Å². The van der Waals surface area contributed by atoms with Crippen molar-refractivity contribution in [1.82, 2.24) is 10.2 Å². The van der Waals surface area contributed by atoms with Gasteiger partial charge in [-0.25, -0.2) is 0 Å². The van der Waals surface area contributed by atoms with Gasteiger partial charge < -0.3 is 10.2 Å². The quantitative estimate of drug-likeness (QED) is 0.875. The van der Waals surface area contributed by atoms with E-state index in [-0.39, 0.29) is 0 Å². The van der Waals surface area contributed by atoms with E-state index in [1.807, 2.05) is 0 Å². The first-order valence-electron chi connectivity index (χ1n) is 7.30. The lowest BCUT2D eigenvalue weighted by Crippen LogP contribution is -2.35. The third-order valence-electron chi connectivity index (χ3n) is 4.53. The lowest BCUT2D eigenvalue weighted by Gasteiger charge is -2.29. The highest BCUT2D eigenvalue weighted by molar-refractivity contribution is 5.27. The molecule has 0 spiro atoms. The second kappa shape index (κ2) is 5.41. The van der Waals surface area contributed by atoms with Gasteiger partial charge in [0.15, 0.2) is 0 Å². The van der Waals surface area contributed by atoms with Crippen molar-refractivity contribution in [3.05, 3.63) is 35.9 Å². The molecular formula is C16H24N2. The lowest BCUT2D eigenvalue weighted by molar-refractivity contribution is 0.215. The molecule has 1 aliphatic carbocycles.